The smallest absolute Gasteiger partial charge is 0.122 e. The van der Waals surface area contributed by atoms with E-state index in [0.29, 0.717) is 0 Å². The van der Waals surface area contributed by atoms with Crippen LogP contribution in [0.1, 0.15) is 11.5 Å². The molecule has 1 heterocycles. The van der Waals surface area contributed by atoms with Crippen LogP contribution in [0.5, 0.6) is 5.75 Å². The number of rotatable bonds is 2. The van der Waals surface area contributed by atoms with E-state index in [0.717, 1.165) is 24.4 Å². The highest BCUT2D eigenvalue weighted by atomic mass is 16.5. The van der Waals surface area contributed by atoms with Gasteiger partial charge in [-0.25, -0.2) is 0 Å². The van der Waals surface area contributed by atoms with E-state index >= 15 is 0 Å². The Labute approximate surface area is 89.7 Å². The van der Waals surface area contributed by atoms with Crippen molar-refractivity contribution in [1.29, 1.82) is 5.26 Å². The van der Waals surface area contributed by atoms with Gasteiger partial charge in [0, 0.05) is 19.0 Å². The molecule has 15 heavy (non-hydrogen) atoms. The monoisotopic (exact) mass is 202 g/mol. The molecule has 1 aromatic carbocycles. The second-order valence-electron chi connectivity index (χ2n) is 3.74. The molecule has 1 N–H and O–H groups in total. The van der Waals surface area contributed by atoms with Crippen molar-refractivity contribution in [1.82, 2.24) is 5.32 Å². The first-order valence-electron chi connectivity index (χ1n) is 5.10. The lowest BCUT2D eigenvalue weighted by Crippen LogP contribution is -2.09. The first-order valence-corrected chi connectivity index (χ1v) is 5.10. The molecule has 0 spiro atoms. The van der Waals surface area contributed by atoms with Gasteiger partial charge in [0.15, 0.2) is 0 Å². The predicted molar refractivity (Wildman–Crippen MR) is 57.7 cm³/mol. The van der Waals surface area contributed by atoms with Crippen molar-refractivity contribution in [3.05, 3.63) is 29.8 Å². The van der Waals surface area contributed by atoms with Crippen LogP contribution in [0.15, 0.2) is 24.3 Å². The van der Waals surface area contributed by atoms with E-state index < -0.39 is 0 Å². The van der Waals surface area contributed by atoms with Crippen LogP contribution in [0, 0.1) is 17.2 Å². The van der Waals surface area contributed by atoms with E-state index in [-0.39, 0.29) is 11.8 Å². The van der Waals surface area contributed by atoms with E-state index in [1.54, 1.807) is 7.11 Å². The summed E-state index contributed by atoms with van der Waals surface area (Å²) in [7, 11) is 1.67. The maximum Gasteiger partial charge on any atom is 0.122 e. The predicted octanol–water partition coefficient (Wildman–Crippen LogP) is 1.52. The second kappa shape index (κ2) is 4.33. The van der Waals surface area contributed by atoms with E-state index in [1.807, 2.05) is 24.3 Å². The third-order valence-corrected chi connectivity index (χ3v) is 2.92. The SMILES string of the molecule is COc1ccccc1[C@@H]1CNC[C@@H]1C#N. The third-order valence-electron chi connectivity index (χ3n) is 2.92. The fraction of sp³-hybridized carbons (Fsp3) is 0.417. The molecule has 0 unspecified atom stereocenters. The summed E-state index contributed by atoms with van der Waals surface area (Å²) in [6, 6.07) is 10.3. The van der Waals surface area contributed by atoms with Gasteiger partial charge in [-0.3, -0.25) is 0 Å². The van der Waals surface area contributed by atoms with Gasteiger partial charge in [-0.1, -0.05) is 18.2 Å². The molecular weight excluding hydrogens is 188 g/mol. The zero-order valence-electron chi connectivity index (χ0n) is 8.73. The minimum absolute atomic E-state index is 0.0568. The Kier molecular flexibility index (Phi) is 2.89. The highest BCUT2D eigenvalue weighted by molar-refractivity contribution is 5.38. The number of nitriles is 1. The van der Waals surface area contributed by atoms with Crippen LogP contribution >= 0.6 is 0 Å². The van der Waals surface area contributed by atoms with Crippen molar-refractivity contribution < 1.29 is 4.74 Å². The molecule has 0 aliphatic carbocycles. The zero-order valence-corrected chi connectivity index (χ0v) is 8.73. The fourth-order valence-corrected chi connectivity index (χ4v) is 2.11. The summed E-state index contributed by atoms with van der Waals surface area (Å²) in [5.41, 5.74) is 1.14. The molecule has 0 bridgehead atoms. The minimum atomic E-state index is 0.0568. The van der Waals surface area contributed by atoms with Crippen molar-refractivity contribution in [2.75, 3.05) is 20.2 Å². The standard InChI is InChI=1S/C12H14N2O/c1-15-12-5-3-2-4-10(12)11-8-14-7-9(11)6-13/h2-5,9,11,14H,7-8H2,1H3/t9-,11+/m0/s1. The van der Waals surface area contributed by atoms with Gasteiger partial charge in [0.2, 0.25) is 0 Å². The van der Waals surface area contributed by atoms with Crippen LogP contribution in [0.3, 0.4) is 0 Å². The number of benzene rings is 1. The Balaban J connectivity index is 2.32. The summed E-state index contributed by atoms with van der Waals surface area (Å²) in [4.78, 5) is 0. The molecule has 2 atom stereocenters. The van der Waals surface area contributed by atoms with Gasteiger partial charge in [0.25, 0.3) is 0 Å². The molecule has 0 saturated carbocycles. The Morgan fingerprint density at radius 1 is 1.40 bits per heavy atom. The molecule has 0 amide bonds. The molecule has 1 aliphatic rings. The highest BCUT2D eigenvalue weighted by Crippen LogP contribution is 2.33. The fourth-order valence-electron chi connectivity index (χ4n) is 2.11. The van der Waals surface area contributed by atoms with E-state index in [9.17, 15) is 0 Å². The molecule has 3 heteroatoms. The summed E-state index contributed by atoms with van der Waals surface area (Å²) in [6.07, 6.45) is 0. The lowest BCUT2D eigenvalue weighted by atomic mass is 9.89. The number of ether oxygens (including phenoxy) is 1. The molecule has 1 fully saturated rings. The maximum atomic E-state index is 9.03. The molecule has 1 aliphatic heterocycles. The summed E-state index contributed by atoms with van der Waals surface area (Å²) in [6.45, 7) is 1.64. The van der Waals surface area contributed by atoms with Crippen LogP contribution < -0.4 is 10.1 Å². The third kappa shape index (κ3) is 1.81. The normalized spacial score (nSPS) is 24.8. The van der Waals surface area contributed by atoms with Crippen LogP contribution in [0.25, 0.3) is 0 Å². The van der Waals surface area contributed by atoms with Gasteiger partial charge < -0.3 is 10.1 Å². The van der Waals surface area contributed by atoms with Crippen LogP contribution in [-0.2, 0) is 0 Å². The molecule has 3 nitrogen and oxygen atoms in total. The summed E-state index contributed by atoms with van der Waals surface area (Å²) < 4.78 is 5.31. The van der Waals surface area contributed by atoms with Crippen molar-refractivity contribution in [3.63, 3.8) is 0 Å². The number of hydrogen-bond acceptors (Lipinski definition) is 3. The second-order valence-corrected chi connectivity index (χ2v) is 3.74. The van der Waals surface area contributed by atoms with E-state index in [2.05, 4.69) is 11.4 Å². The van der Waals surface area contributed by atoms with Gasteiger partial charge in [-0.2, -0.15) is 5.26 Å². The zero-order chi connectivity index (χ0) is 10.7. The Bertz CT molecular complexity index is 383. The number of nitrogens with one attached hydrogen (secondary N) is 1. The Morgan fingerprint density at radius 3 is 2.93 bits per heavy atom. The minimum Gasteiger partial charge on any atom is -0.496 e. The summed E-state index contributed by atoms with van der Waals surface area (Å²) in [5.74, 6) is 1.19. The van der Waals surface area contributed by atoms with Crippen molar-refractivity contribution in [3.8, 4) is 11.8 Å². The summed E-state index contributed by atoms with van der Waals surface area (Å²) >= 11 is 0. The highest BCUT2D eigenvalue weighted by Gasteiger charge is 2.30. The van der Waals surface area contributed by atoms with Crippen LogP contribution in [0.4, 0.5) is 0 Å². The largest absolute Gasteiger partial charge is 0.496 e. The van der Waals surface area contributed by atoms with Crippen molar-refractivity contribution >= 4 is 0 Å². The van der Waals surface area contributed by atoms with Gasteiger partial charge in [0.05, 0.1) is 19.1 Å². The maximum absolute atomic E-state index is 9.03. The number of para-hydroxylation sites is 1. The topological polar surface area (TPSA) is 45.0 Å². The average Bonchev–Trinajstić information content (AvgIpc) is 2.76. The quantitative estimate of drug-likeness (QED) is 0.790. The Morgan fingerprint density at radius 2 is 2.20 bits per heavy atom. The molecular formula is C12H14N2O. The van der Waals surface area contributed by atoms with Crippen LogP contribution in [-0.4, -0.2) is 20.2 Å². The average molecular weight is 202 g/mol. The number of nitrogens with zero attached hydrogens (tertiary/aromatic N) is 1. The summed E-state index contributed by atoms with van der Waals surface area (Å²) in [5, 5.41) is 12.3. The number of methoxy groups -OCH3 is 1. The van der Waals surface area contributed by atoms with Crippen LogP contribution in [0.2, 0.25) is 0 Å². The molecule has 1 aromatic rings. The van der Waals surface area contributed by atoms with Gasteiger partial charge in [0.1, 0.15) is 5.75 Å². The van der Waals surface area contributed by atoms with Gasteiger partial charge in [-0.05, 0) is 11.6 Å². The van der Waals surface area contributed by atoms with Crippen molar-refractivity contribution in [2.24, 2.45) is 5.92 Å². The molecule has 2 rings (SSSR count). The number of hydrogen-bond donors (Lipinski definition) is 1. The first-order chi connectivity index (χ1) is 7.36. The van der Waals surface area contributed by atoms with Gasteiger partial charge in [-0.15, -0.1) is 0 Å². The van der Waals surface area contributed by atoms with Crippen molar-refractivity contribution in [2.45, 2.75) is 5.92 Å². The molecule has 78 valence electrons. The molecule has 0 aromatic heterocycles. The lowest BCUT2D eigenvalue weighted by molar-refractivity contribution is 0.404. The molecule has 0 radical (unpaired) electrons. The van der Waals surface area contributed by atoms with Gasteiger partial charge >= 0.3 is 0 Å². The van der Waals surface area contributed by atoms with E-state index in [4.69, 9.17) is 10.00 Å². The lowest BCUT2D eigenvalue weighted by Gasteiger charge is -2.16. The Hall–Kier alpha value is -1.53. The molecule has 1 saturated heterocycles. The van der Waals surface area contributed by atoms with E-state index in [1.165, 1.54) is 0 Å². The first kappa shape index (κ1) is 10.0.